The van der Waals surface area contributed by atoms with Crippen LogP contribution < -0.4 is 20.1 Å². The Morgan fingerprint density at radius 1 is 1.15 bits per heavy atom. The number of halogens is 1. The van der Waals surface area contributed by atoms with Gasteiger partial charge in [0.2, 0.25) is 0 Å². The lowest BCUT2D eigenvalue weighted by molar-refractivity contribution is -0.123. The van der Waals surface area contributed by atoms with Crippen molar-refractivity contribution in [1.82, 2.24) is 10.3 Å². The minimum absolute atomic E-state index is 0.0125. The minimum Gasteiger partial charge on any atom is -0.493 e. The van der Waals surface area contributed by atoms with Gasteiger partial charge in [-0.25, -0.2) is 9.37 Å². The van der Waals surface area contributed by atoms with E-state index in [0.717, 1.165) is 10.4 Å². The van der Waals surface area contributed by atoms with E-state index in [1.54, 1.807) is 31.3 Å². The lowest BCUT2D eigenvalue weighted by atomic mass is 10.1. The van der Waals surface area contributed by atoms with E-state index < -0.39 is 0 Å². The van der Waals surface area contributed by atoms with Crippen LogP contribution in [0.1, 0.15) is 40.2 Å². The molecule has 9 heteroatoms. The number of ether oxygens (including phenoxy) is 2. The number of benzene rings is 2. The van der Waals surface area contributed by atoms with Crippen molar-refractivity contribution in [2.24, 2.45) is 0 Å². The smallest absolute Gasteiger partial charge is 0.258 e. The molecule has 3 rings (SSSR count). The molecule has 33 heavy (non-hydrogen) atoms. The van der Waals surface area contributed by atoms with Crippen LogP contribution in [0.4, 0.5) is 9.52 Å². The zero-order valence-electron chi connectivity index (χ0n) is 18.9. The predicted molar refractivity (Wildman–Crippen MR) is 126 cm³/mol. The molecule has 2 N–H and O–H groups in total. The number of carbonyl (C=O) groups excluding carboxylic acids is 2. The standard InChI is InChI=1S/C24H26FN3O4S/c1-14(2)27-22(29)13-32-20-8-7-17(11-21(20)31-4)23(30)28-24-26-12-18(33-24)9-16-6-5-15(3)19(25)10-16/h5-8,10-12,14H,9,13H2,1-4H3,(H,27,29)(H,26,28,30). The Kier molecular flexibility index (Phi) is 8.00. The topological polar surface area (TPSA) is 89.6 Å². The summed E-state index contributed by atoms with van der Waals surface area (Å²) in [6, 6.07) is 9.83. The van der Waals surface area contributed by atoms with E-state index in [0.29, 0.717) is 34.2 Å². The number of hydrogen-bond acceptors (Lipinski definition) is 6. The summed E-state index contributed by atoms with van der Waals surface area (Å²) in [5, 5.41) is 5.94. The third-order valence-corrected chi connectivity index (χ3v) is 5.54. The van der Waals surface area contributed by atoms with Gasteiger partial charge in [-0.05, 0) is 56.2 Å². The highest BCUT2D eigenvalue weighted by Crippen LogP contribution is 2.29. The molecule has 1 aromatic heterocycles. The Labute approximate surface area is 196 Å². The van der Waals surface area contributed by atoms with Crippen molar-refractivity contribution in [2.75, 3.05) is 19.0 Å². The van der Waals surface area contributed by atoms with E-state index >= 15 is 0 Å². The molecule has 0 aliphatic heterocycles. The third-order valence-electron chi connectivity index (χ3n) is 4.62. The molecule has 2 aromatic carbocycles. The van der Waals surface area contributed by atoms with Gasteiger partial charge >= 0.3 is 0 Å². The first-order valence-electron chi connectivity index (χ1n) is 10.4. The molecule has 1 heterocycles. The number of amides is 2. The summed E-state index contributed by atoms with van der Waals surface area (Å²) in [7, 11) is 1.46. The summed E-state index contributed by atoms with van der Waals surface area (Å²) in [6.07, 6.45) is 2.19. The molecule has 0 aliphatic carbocycles. The second-order valence-corrected chi connectivity index (χ2v) is 8.84. The van der Waals surface area contributed by atoms with Gasteiger partial charge in [0.05, 0.1) is 7.11 Å². The first kappa shape index (κ1) is 24.2. The number of aryl methyl sites for hydroxylation is 1. The first-order valence-corrected chi connectivity index (χ1v) is 11.2. The van der Waals surface area contributed by atoms with Gasteiger partial charge in [0.15, 0.2) is 23.2 Å². The van der Waals surface area contributed by atoms with Crippen molar-refractivity contribution in [3.8, 4) is 11.5 Å². The lowest BCUT2D eigenvalue weighted by Crippen LogP contribution is -2.34. The van der Waals surface area contributed by atoms with Gasteiger partial charge < -0.3 is 14.8 Å². The Bertz CT molecular complexity index is 1150. The largest absolute Gasteiger partial charge is 0.493 e. The number of nitrogens with one attached hydrogen (secondary N) is 2. The van der Waals surface area contributed by atoms with Gasteiger partial charge in [-0.1, -0.05) is 12.1 Å². The average molecular weight is 472 g/mol. The molecule has 0 fully saturated rings. The molecule has 0 saturated heterocycles. The van der Waals surface area contributed by atoms with Crippen LogP contribution in [0.15, 0.2) is 42.6 Å². The zero-order valence-corrected chi connectivity index (χ0v) is 19.7. The van der Waals surface area contributed by atoms with Gasteiger partial charge in [-0.15, -0.1) is 11.3 Å². The molecule has 2 amide bonds. The molecule has 0 unspecified atom stereocenters. The summed E-state index contributed by atoms with van der Waals surface area (Å²) in [4.78, 5) is 29.6. The number of carbonyl (C=O) groups is 2. The number of nitrogens with zero attached hydrogens (tertiary/aromatic N) is 1. The number of rotatable bonds is 9. The molecular weight excluding hydrogens is 445 g/mol. The molecule has 174 valence electrons. The highest BCUT2D eigenvalue weighted by atomic mass is 32.1. The summed E-state index contributed by atoms with van der Waals surface area (Å²) < 4.78 is 24.6. The second kappa shape index (κ2) is 10.9. The van der Waals surface area contributed by atoms with Gasteiger partial charge in [-0.3, -0.25) is 14.9 Å². The van der Waals surface area contributed by atoms with E-state index in [-0.39, 0.29) is 30.3 Å². The van der Waals surface area contributed by atoms with E-state index in [4.69, 9.17) is 9.47 Å². The maximum Gasteiger partial charge on any atom is 0.258 e. The van der Waals surface area contributed by atoms with Gasteiger partial charge in [0, 0.05) is 29.1 Å². The van der Waals surface area contributed by atoms with Crippen LogP contribution in [0.5, 0.6) is 11.5 Å². The zero-order chi connectivity index (χ0) is 24.0. The van der Waals surface area contributed by atoms with Crippen LogP contribution in [0, 0.1) is 12.7 Å². The van der Waals surface area contributed by atoms with Crippen molar-refractivity contribution in [3.05, 3.63) is 70.0 Å². The van der Waals surface area contributed by atoms with Crippen LogP contribution in [0.3, 0.4) is 0 Å². The molecule has 0 spiro atoms. The molecule has 0 aliphatic rings. The molecule has 0 radical (unpaired) electrons. The fraction of sp³-hybridized carbons (Fsp3) is 0.292. The van der Waals surface area contributed by atoms with Crippen molar-refractivity contribution >= 4 is 28.3 Å². The molecule has 0 saturated carbocycles. The predicted octanol–water partition coefficient (Wildman–Crippen LogP) is 4.35. The molecular formula is C24H26FN3O4S. The maximum absolute atomic E-state index is 13.8. The summed E-state index contributed by atoms with van der Waals surface area (Å²) in [5.41, 5.74) is 1.78. The third kappa shape index (κ3) is 6.76. The first-order chi connectivity index (χ1) is 15.7. The Balaban J connectivity index is 1.63. The Hall–Kier alpha value is -3.46. The number of hydrogen-bond donors (Lipinski definition) is 2. The van der Waals surface area contributed by atoms with Gasteiger partial charge in [0.25, 0.3) is 11.8 Å². The second-order valence-electron chi connectivity index (χ2n) is 7.72. The van der Waals surface area contributed by atoms with E-state index in [9.17, 15) is 14.0 Å². The molecule has 0 bridgehead atoms. The summed E-state index contributed by atoms with van der Waals surface area (Å²) in [6.45, 7) is 5.28. The average Bonchev–Trinajstić information content (AvgIpc) is 3.20. The van der Waals surface area contributed by atoms with Crippen molar-refractivity contribution in [2.45, 2.75) is 33.2 Å². The monoisotopic (exact) mass is 471 g/mol. The van der Waals surface area contributed by atoms with Crippen molar-refractivity contribution < 1.29 is 23.5 Å². The fourth-order valence-electron chi connectivity index (χ4n) is 3.00. The highest BCUT2D eigenvalue weighted by Gasteiger charge is 2.15. The molecule has 3 aromatic rings. The number of anilines is 1. The van der Waals surface area contributed by atoms with Crippen LogP contribution in [0.25, 0.3) is 0 Å². The van der Waals surface area contributed by atoms with Crippen LogP contribution in [0.2, 0.25) is 0 Å². The molecule has 7 nitrogen and oxygen atoms in total. The van der Waals surface area contributed by atoms with E-state index in [1.807, 2.05) is 19.9 Å². The van der Waals surface area contributed by atoms with Gasteiger partial charge in [-0.2, -0.15) is 0 Å². The van der Waals surface area contributed by atoms with Crippen LogP contribution >= 0.6 is 11.3 Å². The highest BCUT2D eigenvalue weighted by molar-refractivity contribution is 7.15. The SMILES string of the molecule is COc1cc(C(=O)Nc2ncc(Cc3ccc(C)c(F)c3)s2)ccc1OCC(=O)NC(C)C. The van der Waals surface area contributed by atoms with Crippen LogP contribution in [-0.4, -0.2) is 36.6 Å². The Morgan fingerprint density at radius 3 is 2.64 bits per heavy atom. The summed E-state index contributed by atoms with van der Waals surface area (Å²) >= 11 is 1.32. The van der Waals surface area contributed by atoms with Crippen molar-refractivity contribution in [1.29, 1.82) is 0 Å². The van der Waals surface area contributed by atoms with Gasteiger partial charge in [0.1, 0.15) is 5.82 Å². The number of methoxy groups -OCH3 is 1. The van der Waals surface area contributed by atoms with Crippen LogP contribution in [-0.2, 0) is 11.2 Å². The summed E-state index contributed by atoms with van der Waals surface area (Å²) in [5.74, 6) is -0.162. The number of aromatic nitrogens is 1. The number of thiazole rings is 1. The normalized spacial score (nSPS) is 10.7. The van der Waals surface area contributed by atoms with E-state index in [1.165, 1.54) is 30.6 Å². The van der Waals surface area contributed by atoms with E-state index in [2.05, 4.69) is 15.6 Å². The molecule has 0 atom stereocenters. The lowest BCUT2D eigenvalue weighted by Gasteiger charge is -2.13. The minimum atomic E-state index is -0.361. The fourth-order valence-corrected chi connectivity index (χ4v) is 3.84. The maximum atomic E-state index is 13.8. The van der Waals surface area contributed by atoms with Crippen molar-refractivity contribution in [3.63, 3.8) is 0 Å². The Morgan fingerprint density at radius 2 is 1.94 bits per heavy atom. The quantitative estimate of drug-likeness (QED) is 0.484.